The maximum atomic E-state index is 12.4. The molecule has 1 aromatic rings. The second-order valence-corrected chi connectivity index (χ2v) is 7.14. The predicted octanol–water partition coefficient (Wildman–Crippen LogP) is 1.67. The van der Waals surface area contributed by atoms with E-state index in [1.807, 2.05) is 6.07 Å². The molecular weight excluding hydrogens is 302 g/mol. The van der Waals surface area contributed by atoms with Crippen molar-refractivity contribution >= 4 is 5.91 Å². The van der Waals surface area contributed by atoms with Crippen LogP contribution < -0.4 is 11.1 Å². The summed E-state index contributed by atoms with van der Waals surface area (Å²) in [5.74, 6) is -0.00835. The number of morpholine rings is 1. The van der Waals surface area contributed by atoms with E-state index in [1.54, 1.807) is 0 Å². The zero-order valence-electron chi connectivity index (χ0n) is 14.4. The molecule has 3 N–H and O–H groups in total. The first-order chi connectivity index (χ1) is 11.7. The van der Waals surface area contributed by atoms with E-state index in [2.05, 4.69) is 34.5 Å². The molecule has 1 amide bonds. The van der Waals surface area contributed by atoms with Gasteiger partial charge in [0.15, 0.2) is 0 Å². The second-order valence-electron chi connectivity index (χ2n) is 7.14. The third kappa shape index (κ3) is 4.56. The molecule has 0 spiro atoms. The quantitative estimate of drug-likeness (QED) is 0.861. The lowest BCUT2D eigenvalue weighted by atomic mass is 9.82. The number of carbonyl (C=O) groups is 1. The molecule has 5 nitrogen and oxygen atoms in total. The number of rotatable bonds is 5. The summed E-state index contributed by atoms with van der Waals surface area (Å²) in [4.78, 5) is 14.8. The van der Waals surface area contributed by atoms with Crippen LogP contribution in [0.2, 0.25) is 0 Å². The van der Waals surface area contributed by atoms with Crippen LogP contribution in [-0.4, -0.2) is 48.7 Å². The predicted molar refractivity (Wildman–Crippen MR) is 94.5 cm³/mol. The summed E-state index contributed by atoms with van der Waals surface area (Å²) >= 11 is 0. The van der Waals surface area contributed by atoms with Gasteiger partial charge in [0.05, 0.1) is 18.2 Å². The number of nitrogens with one attached hydrogen (secondary N) is 1. The summed E-state index contributed by atoms with van der Waals surface area (Å²) < 4.78 is 5.82. The molecule has 0 radical (unpaired) electrons. The van der Waals surface area contributed by atoms with Crippen molar-refractivity contribution in [3.8, 4) is 0 Å². The first kappa shape index (κ1) is 17.4. The Kier molecular flexibility index (Phi) is 5.87. The van der Waals surface area contributed by atoms with Gasteiger partial charge in [0.25, 0.3) is 0 Å². The standard InChI is InChI=1S/C19H29N3O2/c20-19(9-5-2-6-10-19)18(23)21-13-17-15-22(11-12-24-17)14-16-7-3-1-4-8-16/h1,3-4,7-8,17H,2,5-6,9-15,20H2,(H,21,23). The Morgan fingerprint density at radius 2 is 2.00 bits per heavy atom. The maximum absolute atomic E-state index is 12.4. The monoisotopic (exact) mass is 331 g/mol. The molecule has 1 heterocycles. The first-order valence-electron chi connectivity index (χ1n) is 9.11. The Hall–Kier alpha value is -1.43. The van der Waals surface area contributed by atoms with Gasteiger partial charge in [-0.25, -0.2) is 0 Å². The van der Waals surface area contributed by atoms with Crippen LogP contribution in [0.15, 0.2) is 30.3 Å². The van der Waals surface area contributed by atoms with E-state index in [0.29, 0.717) is 13.2 Å². The van der Waals surface area contributed by atoms with Crippen LogP contribution in [0.4, 0.5) is 0 Å². The molecule has 1 aromatic carbocycles. The number of amides is 1. The van der Waals surface area contributed by atoms with Crippen molar-refractivity contribution in [3.63, 3.8) is 0 Å². The number of hydrogen-bond donors (Lipinski definition) is 2. The van der Waals surface area contributed by atoms with Gasteiger partial charge >= 0.3 is 0 Å². The summed E-state index contributed by atoms with van der Waals surface area (Å²) in [5.41, 5.74) is 6.92. The fraction of sp³-hybridized carbons (Fsp3) is 0.632. The highest BCUT2D eigenvalue weighted by atomic mass is 16.5. The van der Waals surface area contributed by atoms with Crippen molar-refractivity contribution < 1.29 is 9.53 Å². The molecule has 132 valence electrons. The lowest BCUT2D eigenvalue weighted by molar-refractivity contribution is -0.128. The van der Waals surface area contributed by atoms with Crippen molar-refractivity contribution in [3.05, 3.63) is 35.9 Å². The Balaban J connectivity index is 1.46. The van der Waals surface area contributed by atoms with Gasteiger partial charge < -0.3 is 15.8 Å². The van der Waals surface area contributed by atoms with Gasteiger partial charge in [-0.2, -0.15) is 0 Å². The van der Waals surface area contributed by atoms with E-state index >= 15 is 0 Å². The Bertz CT molecular complexity index is 529. The van der Waals surface area contributed by atoms with Gasteiger partial charge in [-0.1, -0.05) is 49.6 Å². The largest absolute Gasteiger partial charge is 0.374 e. The summed E-state index contributed by atoms with van der Waals surface area (Å²) in [6.07, 6.45) is 4.92. The molecule has 1 aliphatic carbocycles. The zero-order chi connectivity index (χ0) is 16.8. The van der Waals surface area contributed by atoms with Gasteiger partial charge in [-0.3, -0.25) is 9.69 Å². The van der Waals surface area contributed by atoms with Gasteiger partial charge in [-0.05, 0) is 18.4 Å². The SMILES string of the molecule is NC1(C(=O)NCC2CN(Cc3ccccc3)CCO2)CCCCC1. The average Bonchev–Trinajstić information content (AvgIpc) is 2.61. The lowest BCUT2D eigenvalue weighted by Crippen LogP contribution is -2.57. The van der Waals surface area contributed by atoms with Crippen LogP contribution in [0.25, 0.3) is 0 Å². The van der Waals surface area contributed by atoms with Crippen LogP contribution in [0.5, 0.6) is 0 Å². The molecular formula is C19H29N3O2. The smallest absolute Gasteiger partial charge is 0.240 e. The molecule has 1 saturated carbocycles. The molecule has 2 aliphatic rings. The number of carbonyl (C=O) groups excluding carboxylic acids is 1. The van der Waals surface area contributed by atoms with Crippen molar-refractivity contribution in [2.75, 3.05) is 26.2 Å². The normalized spacial score (nSPS) is 24.5. The van der Waals surface area contributed by atoms with Crippen molar-refractivity contribution in [1.82, 2.24) is 10.2 Å². The molecule has 5 heteroatoms. The highest BCUT2D eigenvalue weighted by Gasteiger charge is 2.35. The summed E-state index contributed by atoms with van der Waals surface area (Å²) in [6, 6.07) is 10.5. The minimum atomic E-state index is -0.670. The van der Waals surface area contributed by atoms with Gasteiger partial charge in [0.2, 0.25) is 5.91 Å². The number of ether oxygens (including phenoxy) is 1. The molecule has 0 aromatic heterocycles. The van der Waals surface area contributed by atoms with E-state index in [-0.39, 0.29) is 12.0 Å². The lowest BCUT2D eigenvalue weighted by Gasteiger charge is -2.35. The molecule has 1 unspecified atom stereocenters. The van der Waals surface area contributed by atoms with Crippen LogP contribution in [0, 0.1) is 0 Å². The van der Waals surface area contributed by atoms with E-state index < -0.39 is 5.54 Å². The Labute approximate surface area is 144 Å². The molecule has 1 atom stereocenters. The highest BCUT2D eigenvalue weighted by molar-refractivity contribution is 5.86. The number of nitrogens with zero attached hydrogens (tertiary/aromatic N) is 1. The third-order valence-corrected chi connectivity index (χ3v) is 5.16. The van der Waals surface area contributed by atoms with Crippen LogP contribution >= 0.6 is 0 Å². The molecule has 3 rings (SSSR count). The van der Waals surface area contributed by atoms with Crippen LogP contribution in [0.3, 0.4) is 0 Å². The number of hydrogen-bond acceptors (Lipinski definition) is 4. The van der Waals surface area contributed by atoms with E-state index in [1.165, 1.54) is 12.0 Å². The Morgan fingerprint density at radius 3 is 2.75 bits per heavy atom. The summed E-state index contributed by atoms with van der Waals surface area (Å²) in [7, 11) is 0. The van der Waals surface area contributed by atoms with E-state index in [9.17, 15) is 4.79 Å². The average molecular weight is 331 g/mol. The Morgan fingerprint density at radius 1 is 1.25 bits per heavy atom. The van der Waals surface area contributed by atoms with Gasteiger partial charge in [0.1, 0.15) is 0 Å². The minimum Gasteiger partial charge on any atom is -0.374 e. The topological polar surface area (TPSA) is 67.6 Å². The molecule has 24 heavy (non-hydrogen) atoms. The molecule has 0 bridgehead atoms. The first-order valence-corrected chi connectivity index (χ1v) is 9.11. The fourth-order valence-corrected chi connectivity index (χ4v) is 3.68. The van der Waals surface area contributed by atoms with Crippen LogP contribution in [-0.2, 0) is 16.1 Å². The highest BCUT2D eigenvalue weighted by Crippen LogP contribution is 2.26. The zero-order valence-corrected chi connectivity index (χ0v) is 14.4. The van der Waals surface area contributed by atoms with Crippen LogP contribution in [0.1, 0.15) is 37.7 Å². The summed E-state index contributed by atoms with van der Waals surface area (Å²) in [5, 5.41) is 3.03. The molecule has 2 fully saturated rings. The third-order valence-electron chi connectivity index (χ3n) is 5.16. The number of nitrogens with two attached hydrogens (primary N) is 1. The van der Waals surface area contributed by atoms with Gasteiger partial charge in [0, 0.05) is 26.2 Å². The van der Waals surface area contributed by atoms with Gasteiger partial charge in [-0.15, -0.1) is 0 Å². The minimum absolute atomic E-state index is 0.00835. The molecule has 1 aliphatic heterocycles. The fourth-order valence-electron chi connectivity index (χ4n) is 3.68. The number of benzene rings is 1. The summed E-state index contributed by atoms with van der Waals surface area (Å²) in [6.45, 7) is 3.95. The molecule has 1 saturated heterocycles. The maximum Gasteiger partial charge on any atom is 0.240 e. The van der Waals surface area contributed by atoms with Crippen molar-refractivity contribution in [2.45, 2.75) is 50.3 Å². The van der Waals surface area contributed by atoms with E-state index in [4.69, 9.17) is 10.5 Å². The van der Waals surface area contributed by atoms with E-state index in [0.717, 1.165) is 45.3 Å². The van der Waals surface area contributed by atoms with Crippen molar-refractivity contribution in [1.29, 1.82) is 0 Å². The van der Waals surface area contributed by atoms with Crippen molar-refractivity contribution in [2.24, 2.45) is 5.73 Å². The second kappa shape index (κ2) is 8.10.